The maximum Gasteiger partial charge on any atom is 0.329 e. The summed E-state index contributed by atoms with van der Waals surface area (Å²) in [5.41, 5.74) is 1.77. The van der Waals surface area contributed by atoms with Crippen LogP contribution in [-0.4, -0.2) is 85.8 Å². The quantitative estimate of drug-likeness (QED) is 0.110. The molecule has 0 radical (unpaired) electrons. The lowest BCUT2D eigenvalue weighted by Gasteiger charge is -2.19. The van der Waals surface area contributed by atoms with Gasteiger partial charge in [-0.2, -0.15) is 0 Å². The van der Waals surface area contributed by atoms with E-state index in [9.17, 15) is 24.0 Å². The fourth-order valence-electron chi connectivity index (χ4n) is 4.98. The van der Waals surface area contributed by atoms with Crippen molar-refractivity contribution in [3.05, 3.63) is 101 Å². The van der Waals surface area contributed by atoms with Crippen molar-refractivity contribution < 1.29 is 47.7 Å². The van der Waals surface area contributed by atoms with Crippen molar-refractivity contribution in [2.24, 2.45) is 0 Å². The second kappa shape index (κ2) is 18.6. The molecule has 1 aliphatic rings. The third-order valence-corrected chi connectivity index (χ3v) is 7.38. The molecule has 0 aromatic heterocycles. The first kappa shape index (κ1) is 37.7. The number of amides is 3. The van der Waals surface area contributed by atoms with Crippen LogP contribution in [0.5, 0.6) is 5.75 Å². The number of nitrogens with zero attached hydrogens (tertiary/aromatic N) is 1. The highest BCUT2D eigenvalue weighted by Crippen LogP contribution is 2.22. The van der Waals surface area contributed by atoms with E-state index in [2.05, 4.69) is 5.32 Å². The molecule has 1 aliphatic heterocycles. The van der Waals surface area contributed by atoms with Gasteiger partial charge in [0.05, 0.1) is 50.5 Å². The Hall–Kier alpha value is -5.07. The number of nitrogens with one attached hydrogen (secondary N) is 1. The molecule has 12 heteroatoms. The molecule has 4 rings (SSSR count). The standard InChI is InChI=1S/C38H44N2O10/c1-38(2,3)50-34(42)18-21-47-23-24-48-29-15-13-27(14-16-29)25-32(37(45)49-26-28-9-5-4-6-10-28)39-33(41)17-20-46-22-19-40-35(43)30-11-7-8-12-31(30)36(40)44/h4-16,32H,17-26H2,1-3H3,(H,39,41)/t32-/m0/s1. The van der Waals surface area contributed by atoms with E-state index in [0.29, 0.717) is 23.5 Å². The number of carbonyl (C=O) groups excluding carboxylic acids is 5. The van der Waals surface area contributed by atoms with Crippen molar-refractivity contribution in [2.75, 3.05) is 39.6 Å². The SMILES string of the molecule is CC(C)(C)OC(=O)CCOCCOc1ccc(C[C@H](NC(=O)CCOCCN2C(=O)c3ccccc3C2=O)C(=O)OCc2ccccc2)cc1. The number of hydrogen-bond donors (Lipinski definition) is 1. The average Bonchev–Trinajstić information content (AvgIpc) is 3.33. The Morgan fingerprint density at radius 1 is 0.720 bits per heavy atom. The van der Waals surface area contributed by atoms with Gasteiger partial charge in [0.25, 0.3) is 11.8 Å². The lowest BCUT2D eigenvalue weighted by molar-refractivity contribution is -0.156. The van der Waals surface area contributed by atoms with Crippen LogP contribution in [0.1, 0.15) is 65.5 Å². The smallest absolute Gasteiger partial charge is 0.329 e. The van der Waals surface area contributed by atoms with Crippen molar-refractivity contribution in [3.63, 3.8) is 0 Å². The van der Waals surface area contributed by atoms with Crippen LogP contribution in [0.25, 0.3) is 0 Å². The predicted molar refractivity (Wildman–Crippen MR) is 182 cm³/mol. The number of esters is 2. The summed E-state index contributed by atoms with van der Waals surface area (Å²) in [6.45, 7) is 6.43. The molecular weight excluding hydrogens is 644 g/mol. The van der Waals surface area contributed by atoms with Gasteiger partial charge >= 0.3 is 11.9 Å². The van der Waals surface area contributed by atoms with Crippen molar-refractivity contribution in [2.45, 2.75) is 58.3 Å². The summed E-state index contributed by atoms with van der Waals surface area (Å²) in [5, 5.41) is 2.76. The largest absolute Gasteiger partial charge is 0.491 e. The molecule has 0 unspecified atom stereocenters. The zero-order valence-corrected chi connectivity index (χ0v) is 28.7. The summed E-state index contributed by atoms with van der Waals surface area (Å²) in [5.74, 6) is -1.47. The van der Waals surface area contributed by atoms with Crippen LogP contribution in [0, 0.1) is 0 Å². The highest BCUT2D eigenvalue weighted by molar-refractivity contribution is 6.21. The third kappa shape index (κ3) is 12.1. The molecule has 0 saturated carbocycles. The van der Waals surface area contributed by atoms with Crippen molar-refractivity contribution in [1.82, 2.24) is 10.2 Å². The van der Waals surface area contributed by atoms with E-state index in [1.54, 1.807) is 48.5 Å². The Labute approximate surface area is 292 Å². The summed E-state index contributed by atoms with van der Waals surface area (Å²) in [6.07, 6.45) is 0.286. The average molecular weight is 689 g/mol. The maximum absolute atomic E-state index is 13.1. The second-order valence-corrected chi connectivity index (χ2v) is 12.5. The molecule has 1 heterocycles. The van der Waals surface area contributed by atoms with E-state index in [4.69, 9.17) is 23.7 Å². The molecule has 1 N–H and O–H groups in total. The monoisotopic (exact) mass is 688 g/mol. The number of benzene rings is 3. The number of rotatable bonds is 19. The number of imide groups is 1. The van der Waals surface area contributed by atoms with E-state index in [-0.39, 0.29) is 76.6 Å². The van der Waals surface area contributed by atoms with Gasteiger partial charge in [0.1, 0.15) is 30.6 Å². The van der Waals surface area contributed by atoms with Crippen LogP contribution in [-0.2, 0) is 46.4 Å². The van der Waals surface area contributed by atoms with Gasteiger partial charge in [0.2, 0.25) is 5.91 Å². The van der Waals surface area contributed by atoms with Crippen LogP contribution in [0.2, 0.25) is 0 Å². The van der Waals surface area contributed by atoms with Crippen LogP contribution in [0.3, 0.4) is 0 Å². The highest BCUT2D eigenvalue weighted by Gasteiger charge is 2.34. The van der Waals surface area contributed by atoms with Gasteiger partial charge in [-0.25, -0.2) is 4.79 Å². The van der Waals surface area contributed by atoms with Crippen molar-refractivity contribution in [3.8, 4) is 5.75 Å². The number of ether oxygens (including phenoxy) is 5. The van der Waals surface area contributed by atoms with Crippen molar-refractivity contribution in [1.29, 1.82) is 0 Å². The first-order chi connectivity index (χ1) is 24.0. The molecular formula is C38H44N2O10. The lowest BCUT2D eigenvalue weighted by atomic mass is 10.1. The van der Waals surface area contributed by atoms with Gasteiger partial charge in [-0.1, -0.05) is 54.6 Å². The highest BCUT2D eigenvalue weighted by atomic mass is 16.6. The summed E-state index contributed by atoms with van der Waals surface area (Å²) in [4.78, 5) is 64.0. The number of carbonyl (C=O) groups is 5. The Morgan fingerprint density at radius 3 is 2.00 bits per heavy atom. The fraction of sp³-hybridized carbons (Fsp3) is 0.395. The molecule has 266 valence electrons. The van der Waals surface area contributed by atoms with Gasteiger partial charge < -0.3 is 29.0 Å². The summed E-state index contributed by atoms with van der Waals surface area (Å²) in [6, 6.07) is 22.0. The van der Waals surface area contributed by atoms with E-state index in [0.717, 1.165) is 16.0 Å². The molecule has 3 amide bonds. The Kier molecular flexibility index (Phi) is 14.1. The molecule has 0 fully saturated rings. The minimum Gasteiger partial charge on any atom is -0.491 e. The Bertz CT molecular complexity index is 1570. The zero-order chi connectivity index (χ0) is 35.9. The number of hydrogen-bond acceptors (Lipinski definition) is 10. The fourth-order valence-corrected chi connectivity index (χ4v) is 4.98. The van der Waals surface area contributed by atoms with Crippen LogP contribution < -0.4 is 10.1 Å². The van der Waals surface area contributed by atoms with Crippen LogP contribution >= 0.6 is 0 Å². The molecule has 1 atom stereocenters. The molecule has 0 saturated heterocycles. The van der Waals surface area contributed by atoms with E-state index in [1.807, 2.05) is 51.1 Å². The first-order valence-corrected chi connectivity index (χ1v) is 16.5. The minimum absolute atomic E-state index is 0.0253. The van der Waals surface area contributed by atoms with Gasteiger partial charge in [0.15, 0.2) is 0 Å². The molecule has 12 nitrogen and oxygen atoms in total. The lowest BCUT2D eigenvalue weighted by Crippen LogP contribution is -2.43. The van der Waals surface area contributed by atoms with E-state index >= 15 is 0 Å². The third-order valence-electron chi connectivity index (χ3n) is 7.38. The van der Waals surface area contributed by atoms with E-state index in [1.165, 1.54) is 0 Å². The Morgan fingerprint density at radius 2 is 1.34 bits per heavy atom. The van der Waals surface area contributed by atoms with E-state index < -0.39 is 23.5 Å². The zero-order valence-electron chi connectivity index (χ0n) is 28.7. The first-order valence-electron chi connectivity index (χ1n) is 16.5. The molecule has 3 aromatic rings. The predicted octanol–water partition coefficient (Wildman–Crippen LogP) is 4.29. The summed E-state index contributed by atoms with van der Waals surface area (Å²) >= 11 is 0. The van der Waals surface area contributed by atoms with Gasteiger partial charge in [0, 0.05) is 12.8 Å². The molecule has 3 aromatic carbocycles. The topological polar surface area (TPSA) is 147 Å². The van der Waals surface area contributed by atoms with Crippen molar-refractivity contribution >= 4 is 29.7 Å². The van der Waals surface area contributed by atoms with Crippen LogP contribution in [0.15, 0.2) is 78.9 Å². The molecule has 50 heavy (non-hydrogen) atoms. The van der Waals surface area contributed by atoms with Gasteiger partial charge in [-0.15, -0.1) is 0 Å². The van der Waals surface area contributed by atoms with Crippen LogP contribution in [0.4, 0.5) is 0 Å². The molecule has 0 spiro atoms. The normalized spacial score (nSPS) is 13.1. The van der Waals surface area contributed by atoms with Gasteiger partial charge in [-0.3, -0.25) is 24.1 Å². The maximum atomic E-state index is 13.1. The summed E-state index contributed by atoms with van der Waals surface area (Å²) in [7, 11) is 0. The molecule has 0 bridgehead atoms. The minimum atomic E-state index is -0.963. The second-order valence-electron chi connectivity index (χ2n) is 12.5. The Balaban J connectivity index is 1.22. The number of fused-ring (bicyclic) bond motifs is 1. The van der Waals surface area contributed by atoms with Gasteiger partial charge in [-0.05, 0) is 56.2 Å². The summed E-state index contributed by atoms with van der Waals surface area (Å²) < 4.78 is 27.5. The molecule has 0 aliphatic carbocycles.